The molecule has 4 heterocycles. The first-order valence-corrected chi connectivity index (χ1v) is 11.3. The van der Waals surface area contributed by atoms with Crippen LogP contribution in [0.5, 0.6) is 0 Å². The summed E-state index contributed by atoms with van der Waals surface area (Å²) >= 11 is 5.85. The van der Waals surface area contributed by atoms with E-state index >= 15 is 0 Å². The van der Waals surface area contributed by atoms with Gasteiger partial charge in [-0.05, 0) is 72.2 Å². The van der Waals surface area contributed by atoms with Crippen molar-refractivity contribution in [2.45, 2.75) is 32.0 Å². The Morgan fingerprint density at radius 3 is 2.53 bits per heavy atom. The van der Waals surface area contributed by atoms with Gasteiger partial charge in [-0.2, -0.15) is 0 Å². The van der Waals surface area contributed by atoms with E-state index in [4.69, 9.17) is 12.2 Å². The fourth-order valence-corrected chi connectivity index (χ4v) is 4.70. The van der Waals surface area contributed by atoms with Gasteiger partial charge in [0.2, 0.25) is 0 Å². The fraction of sp³-hybridized carbons (Fsp3) is 0.192. The van der Waals surface area contributed by atoms with Gasteiger partial charge in [-0.25, -0.2) is 0 Å². The molecule has 1 aliphatic rings. The van der Waals surface area contributed by atoms with E-state index in [1.807, 2.05) is 30.6 Å². The second-order valence-corrected chi connectivity index (χ2v) is 8.33. The number of pyridine rings is 2. The third kappa shape index (κ3) is 3.89. The van der Waals surface area contributed by atoms with Crippen LogP contribution in [0, 0.1) is 0 Å². The summed E-state index contributed by atoms with van der Waals surface area (Å²) < 4.78 is 2.28. The highest BCUT2D eigenvalue weighted by Crippen LogP contribution is 2.41. The Kier molecular flexibility index (Phi) is 5.69. The Balaban J connectivity index is 1.59. The second kappa shape index (κ2) is 8.93. The molecule has 0 unspecified atom stereocenters. The van der Waals surface area contributed by atoms with Gasteiger partial charge < -0.3 is 14.8 Å². The molecule has 5 rings (SSSR count). The van der Waals surface area contributed by atoms with Crippen molar-refractivity contribution >= 4 is 23.0 Å². The number of aryl methyl sites for hydroxylation is 1. The normalized spacial score (nSPS) is 18.0. The van der Waals surface area contributed by atoms with Crippen LogP contribution in [0.4, 0.5) is 5.69 Å². The standard InChI is InChI=1S/C26H25N5S/c1-2-19-10-12-21(13-11-19)31-25(24(29-26(31)32)22-8-3-4-15-28-22)23-9-6-16-30(23)18-20-7-5-14-27-17-20/h3-17,24-25H,2,18H2,1H3,(H,29,32)/t24-,25+/m1/s1. The van der Waals surface area contributed by atoms with Crippen molar-refractivity contribution in [1.82, 2.24) is 19.9 Å². The minimum Gasteiger partial charge on any atom is -0.351 e. The minimum absolute atomic E-state index is 0.0310. The van der Waals surface area contributed by atoms with Gasteiger partial charge >= 0.3 is 0 Å². The Bertz CT molecular complexity index is 1190. The van der Waals surface area contributed by atoms with Gasteiger partial charge in [0.25, 0.3) is 0 Å². The SMILES string of the molecule is CCc1ccc(N2C(=S)N[C@H](c3ccccn3)[C@@H]2c2cccn2Cc2cccnc2)cc1. The lowest BCUT2D eigenvalue weighted by Crippen LogP contribution is -2.30. The Hall–Kier alpha value is -3.51. The predicted octanol–water partition coefficient (Wildman–Crippen LogP) is 5.07. The van der Waals surface area contributed by atoms with Gasteiger partial charge in [0.15, 0.2) is 5.11 Å². The van der Waals surface area contributed by atoms with Crippen molar-refractivity contribution < 1.29 is 0 Å². The van der Waals surface area contributed by atoms with E-state index in [1.165, 1.54) is 11.3 Å². The third-order valence-electron chi connectivity index (χ3n) is 5.96. The van der Waals surface area contributed by atoms with Gasteiger partial charge in [0, 0.05) is 42.7 Å². The van der Waals surface area contributed by atoms with Gasteiger partial charge in [-0.15, -0.1) is 0 Å². The van der Waals surface area contributed by atoms with E-state index in [1.54, 1.807) is 6.20 Å². The molecular formula is C26H25N5S. The Morgan fingerprint density at radius 1 is 0.938 bits per heavy atom. The lowest BCUT2D eigenvalue weighted by molar-refractivity contribution is 0.533. The molecule has 1 saturated heterocycles. The maximum absolute atomic E-state index is 5.85. The Labute approximate surface area is 193 Å². The summed E-state index contributed by atoms with van der Waals surface area (Å²) in [6, 6.07) is 23.0. The summed E-state index contributed by atoms with van der Waals surface area (Å²) in [5.41, 5.74) is 5.70. The van der Waals surface area contributed by atoms with Crippen LogP contribution in [0.2, 0.25) is 0 Å². The monoisotopic (exact) mass is 439 g/mol. The average molecular weight is 440 g/mol. The summed E-state index contributed by atoms with van der Waals surface area (Å²) in [7, 11) is 0. The number of anilines is 1. The van der Waals surface area contributed by atoms with Crippen molar-refractivity contribution in [1.29, 1.82) is 0 Å². The molecule has 0 radical (unpaired) electrons. The van der Waals surface area contributed by atoms with Crippen LogP contribution < -0.4 is 10.2 Å². The zero-order valence-electron chi connectivity index (χ0n) is 17.9. The Morgan fingerprint density at radius 2 is 1.81 bits per heavy atom. The predicted molar refractivity (Wildman–Crippen MR) is 132 cm³/mol. The number of hydrogen-bond acceptors (Lipinski definition) is 3. The summed E-state index contributed by atoms with van der Waals surface area (Å²) in [5, 5.41) is 4.26. The van der Waals surface area contributed by atoms with E-state index < -0.39 is 0 Å². The number of thiocarbonyl (C=S) groups is 1. The molecule has 3 aromatic heterocycles. The number of benzene rings is 1. The first-order valence-electron chi connectivity index (χ1n) is 10.9. The highest BCUT2D eigenvalue weighted by Gasteiger charge is 2.41. The topological polar surface area (TPSA) is 46.0 Å². The van der Waals surface area contributed by atoms with Crippen LogP contribution in [0.25, 0.3) is 0 Å². The van der Waals surface area contributed by atoms with Crippen molar-refractivity contribution in [3.8, 4) is 0 Å². The molecule has 0 spiro atoms. The quantitative estimate of drug-likeness (QED) is 0.425. The van der Waals surface area contributed by atoms with E-state index in [-0.39, 0.29) is 12.1 Å². The van der Waals surface area contributed by atoms with Gasteiger partial charge in [-0.3, -0.25) is 9.97 Å². The third-order valence-corrected chi connectivity index (χ3v) is 6.28. The lowest BCUT2D eigenvalue weighted by Gasteiger charge is -2.29. The van der Waals surface area contributed by atoms with E-state index in [2.05, 4.69) is 86.4 Å². The van der Waals surface area contributed by atoms with Crippen LogP contribution in [-0.4, -0.2) is 19.6 Å². The number of rotatable bonds is 6. The van der Waals surface area contributed by atoms with Crippen LogP contribution >= 0.6 is 12.2 Å². The highest BCUT2D eigenvalue weighted by atomic mass is 32.1. The summed E-state index contributed by atoms with van der Waals surface area (Å²) in [4.78, 5) is 11.2. The van der Waals surface area contributed by atoms with E-state index in [0.717, 1.165) is 29.9 Å². The van der Waals surface area contributed by atoms with E-state index in [9.17, 15) is 0 Å². The minimum atomic E-state index is -0.0582. The summed E-state index contributed by atoms with van der Waals surface area (Å²) in [6.07, 6.45) is 8.69. The van der Waals surface area contributed by atoms with Crippen molar-refractivity contribution in [2.75, 3.05) is 4.90 Å². The number of hydrogen-bond donors (Lipinski definition) is 1. The molecule has 160 valence electrons. The maximum Gasteiger partial charge on any atom is 0.174 e. The molecule has 32 heavy (non-hydrogen) atoms. The molecule has 1 N–H and O–H groups in total. The molecule has 4 aromatic rings. The molecule has 0 amide bonds. The maximum atomic E-state index is 5.85. The van der Waals surface area contributed by atoms with Crippen LogP contribution in [-0.2, 0) is 13.0 Å². The van der Waals surface area contributed by atoms with E-state index in [0.29, 0.717) is 5.11 Å². The molecule has 6 heteroatoms. The second-order valence-electron chi connectivity index (χ2n) is 7.94. The summed E-state index contributed by atoms with van der Waals surface area (Å²) in [5.74, 6) is 0. The van der Waals surface area contributed by atoms with Crippen molar-refractivity contribution in [3.63, 3.8) is 0 Å². The molecule has 1 aliphatic heterocycles. The molecule has 0 aliphatic carbocycles. The van der Waals surface area contributed by atoms with Crippen LogP contribution in [0.3, 0.4) is 0 Å². The van der Waals surface area contributed by atoms with Gasteiger partial charge in [0.05, 0.1) is 11.7 Å². The van der Waals surface area contributed by atoms with Crippen molar-refractivity contribution in [3.05, 3.63) is 114 Å². The molecule has 0 saturated carbocycles. The zero-order chi connectivity index (χ0) is 21.9. The first-order chi connectivity index (χ1) is 15.7. The smallest absolute Gasteiger partial charge is 0.174 e. The lowest BCUT2D eigenvalue weighted by atomic mass is 10.0. The van der Waals surface area contributed by atoms with Gasteiger partial charge in [-0.1, -0.05) is 31.2 Å². The molecular weight excluding hydrogens is 414 g/mol. The number of aromatic nitrogens is 3. The highest BCUT2D eigenvalue weighted by molar-refractivity contribution is 7.80. The first kappa shape index (κ1) is 20.4. The van der Waals surface area contributed by atoms with Crippen LogP contribution in [0.1, 0.15) is 41.5 Å². The molecule has 1 fully saturated rings. The average Bonchev–Trinajstić information content (AvgIpc) is 3.44. The van der Waals surface area contributed by atoms with Crippen molar-refractivity contribution in [2.24, 2.45) is 0 Å². The molecule has 2 atom stereocenters. The largest absolute Gasteiger partial charge is 0.351 e. The molecule has 1 aromatic carbocycles. The molecule has 5 nitrogen and oxygen atoms in total. The summed E-state index contributed by atoms with van der Waals surface area (Å²) in [6.45, 7) is 2.92. The number of nitrogens with zero attached hydrogens (tertiary/aromatic N) is 4. The molecule has 0 bridgehead atoms. The van der Waals surface area contributed by atoms with Gasteiger partial charge in [0.1, 0.15) is 6.04 Å². The fourth-order valence-electron chi connectivity index (χ4n) is 4.35. The zero-order valence-corrected chi connectivity index (χ0v) is 18.7. The van der Waals surface area contributed by atoms with Crippen LogP contribution in [0.15, 0.2) is 91.5 Å². The number of nitrogens with one attached hydrogen (secondary N) is 1.